The van der Waals surface area contributed by atoms with Crippen molar-refractivity contribution in [3.8, 4) is 0 Å². The first-order valence-electron chi connectivity index (χ1n) is 6.81. The molecule has 1 fully saturated rings. The van der Waals surface area contributed by atoms with Gasteiger partial charge in [0, 0.05) is 13.0 Å². The second kappa shape index (κ2) is 5.13. The van der Waals surface area contributed by atoms with Crippen molar-refractivity contribution in [2.45, 2.75) is 26.2 Å². The molecule has 2 aromatic rings. The van der Waals surface area contributed by atoms with Crippen LogP contribution in [0, 0.1) is 12.8 Å². The fourth-order valence-corrected chi connectivity index (χ4v) is 2.61. The maximum atomic E-state index is 5.43. The van der Waals surface area contributed by atoms with E-state index in [0.717, 1.165) is 31.2 Å². The molecule has 1 aromatic carbocycles. The first-order valence-corrected chi connectivity index (χ1v) is 6.81. The van der Waals surface area contributed by atoms with Crippen LogP contribution in [0.25, 0.3) is 0 Å². The van der Waals surface area contributed by atoms with Crippen molar-refractivity contribution < 1.29 is 4.52 Å². The summed E-state index contributed by atoms with van der Waals surface area (Å²) in [6, 6.07) is 8.32. The fraction of sp³-hybridized carbons (Fsp3) is 0.467. The summed E-state index contributed by atoms with van der Waals surface area (Å²) in [5, 5.41) is 7.48. The molecule has 4 nitrogen and oxygen atoms in total. The Balaban J connectivity index is 1.77. The molecule has 100 valence electrons. The third-order valence-electron chi connectivity index (χ3n) is 3.93. The van der Waals surface area contributed by atoms with Crippen LogP contribution in [-0.2, 0) is 6.42 Å². The van der Waals surface area contributed by atoms with Crippen LogP contribution in [0.15, 0.2) is 28.8 Å². The smallest absolute Gasteiger partial charge is 0.231 e. The SMILES string of the molecule is Cc1ccccc1Cc1noc([C@@H]2CNC[C@H]2C)n1. The number of nitrogens with zero attached hydrogens (tertiary/aromatic N) is 2. The number of aromatic nitrogens is 2. The monoisotopic (exact) mass is 257 g/mol. The number of rotatable bonds is 3. The summed E-state index contributed by atoms with van der Waals surface area (Å²) in [5.41, 5.74) is 2.53. The Kier molecular flexibility index (Phi) is 3.34. The van der Waals surface area contributed by atoms with Gasteiger partial charge in [-0.15, -0.1) is 0 Å². The van der Waals surface area contributed by atoms with Gasteiger partial charge in [-0.3, -0.25) is 0 Å². The van der Waals surface area contributed by atoms with Crippen molar-refractivity contribution >= 4 is 0 Å². The van der Waals surface area contributed by atoms with Crippen LogP contribution < -0.4 is 5.32 Å². The van der Waals surface area contributed by atoms with Crippen LogP contribution in [0.1, 0.15) is 35.7 Å². The molecule has 4 heteroatoms. The molecule has 1 aromatic heterocycles. The van der Waals surface area contributed by atoms with Crippen molar-refractivity contribution in [3.63, 3.8) is 0 Å². The van der Waals surface area contributed by atoms with Gasteiger partial charge in [0.05, 0.1) is 5.92 Å². The average Bonchev–Trinajstić information content (AvgIpc) is 3.01. The van der Waals surface area contributed by atoms with Crippen molar-refractivity contribution in [2.75, 3.05) is 13.1 Å². The van der Waals surface area contributed by atoms with E-state index in [1.807, 2.05) is 12.1 Å². The molecule has 2 heterocycles. The Bertz CT molecular complexity index is 564. The summed E-state index contributed by atoms with van der Waals surface area (Å²) in [6.45, 7) is 6.29. The highest BCUT2D eigenvalue weighted by molar-refractivity contribution is 5.28. The standard InChI is InChI=1S/C15H19N3O/c1-10-5-3-4-6-12(10)7-14-17-15(19-18-14)13-9-16-8-11(13)2/h3-6,11,13,16H,7-9H2,1-2H3/t11-,13-/m1/s1. The topological polar surface area (TPSA) is 51.0 Å². The summed E-state index contributed by atoms with van der Waals surface area (Å²) in [7, 11) is 0. The fourth-order valence-electron chi connectivity index (χ4n) is 2.61. The molecular weight excluding hydrogens is 238 g/mol. The van der Waals surface area contributed by atoms with Crippen LogP contribution >= 0.6 is 0 Å². The van der Waals surface area contributed by atoms with Gasteiger partial charge in [0.2, 0.25) is 5.89 Å². The molecule has 2 atom stereocenters. The lowest BCUT2D eigenvalue weighted by Gasteiger charge is -2.07. The number of nitrogens with one attached hydrogen (secondary N) is 1. The van der Waals surface area contributed by atoms with Crippen molar-refractivity contribution in [3.05, 3.63) is 47.1 Å². The quantitative estimate of drug-likeness (QED) is 0.916. The summed E-state index contributed by atoms with van der Waals surface area (Å²) in [4.78, 5) is 4.56. The van der Waals surface area contributed by atoms with E-state index in [-0.39, 0.29) is 0 Å². The zero-order valence-electron chi connectivity index (χ0n) is 11.4. The number of hydrogen-bond donors (Lipinski definition) is 1. The predicted molar refractivity (Wildman–Crippen MR) is 73.1 cm³/mol. The molecular formula is C15H19N3O. The Morgan fingerprint density at radius 1 is 1.32 bits per heavy atom. The van der Waals surface area contributed by atoms with Crippen LogP contribution in [0.3, 0.4) is 0 Å². The van der Waals surface area contributed by atoms with Crippen LogP contribution in [0.4, 0.5) is 0 Å². The largest absolute Gasteiger partial charge is 0.339 e. The molecule has 1 aliphatic rings. The van der Waals surface area contributed by atoms with E-state index in [9.17, 15) is 0 Å². The van der Waals surface area contributed by atoms with Gasteiger partial charge in [0.15, 0.2) is 5.82 Å². The predicted octanol–water partition coefficient (Wildman–Crippen LogP) is 2.29. The Hall–Kier alpha value is -1.68. The van der Waals surface area contributed by atoms with Gasteiger partial charge in [-0.2, -0.15) is 4.98 Å². The number of benzene rings is 1. The molecule has 0 spiro atoms. The lowest BCUT2D eigenvalue weighted by Crippen LogP contribution is -2.08. The van der Waals surface area contributed by atoms with E-state index in [2.05, 4.69) is 41.4 Å². The molecule has 0 unspecified atom stereocenters. The van der Waals surface area contributed by atoms with Gasteiger partial charge >= 0.3 is 0 Å². The third-order valence-corrected chi connectivity index (χ3v) is 3.93. The van der Waals surface area contributed by atoms with E-state index in [0.29, 0.717) is 11.8 Å². The summed E-state index contributed by atoms with van der Waals surface area (Å²) >= 11 is 0. The Morgan fingerprint density at radius 3 is 2.89 bits per heavy atom. The highest BCUT2D eigenvalue weighted by Gasteiger charge is 2.29. The Morgan fingerprint density at radius 2 is 2.16 bits per heavy atom. The van der Waals surface area contributed by atoms with Gasteiger partial charge in [0.25, 0.3) is 0 Å². The molecule has 0 aliphatic carbocycles. The number of hydrogen-bond acceptors (Lipinski definition) is 4. The average molecular weight is 257 g/mol. The zero-order chi connectivity index (χ0) is 13.2. The first kappa shape index (κ1) is 12.4. The van der Waals surface area contributed by atoms with Crippen molar-refractivity contribution in [2.24, 2.45) is 5.92 Å². The van der Waals surface area contributed by atoms with E-state index < -0.39 is 0 Å². The van der Waals surface area contributed by atoms with E-state index in [4.69, 9.17) is 4.52 Å². The molecule has 0 amide bonds. The molecule has 19 heavy (non-hydrogen) atoms. The van der Waals surface area contributed by atoms with E-state index >= 15 is 0 Å². The third kappa shape index (κ3) is 2.54. The Labute approximate surface area is 113 Å². The second-order valence-electron chi connectivity index (χ2n) is 5.39. The molecule has 1 aliphatic heterocycles. The van der Waals surface area contributed by atoms with Crippen LogP contribution in [0.5, 0.6) is 0 Å². The molecule has 0 bridgehead atoms. The van der Waals surface area contributed by atoms with Gasteiger partial charge in [-0.25, -0.2) is 0 Å². The molecule has 3 rings (SSSR count). The summed E-state index contributed by atoms with van der Waals surface area (Å²) < 4.78 is 5.43. The minimum Gasteiger partial charge on any atom is -0.339 e. The maximum absolute atomic E-state index is 5.43. The lowest BCUT2D eigenvalue weighted by atomic mass is 9.98. The summed E-state index contributed by atoms with van der Waals surface area (Å²) in [6.07, 6.45) is 0.741. The minimum absolute atomic E-state index is 0.359. The maximum Gasteiger partial charge on any atom is 0.231 e. The highest BCUT2D eigenvalue weighted by Crippen LogP contribution is 2.26. The van der Waals surface area contributed by atoms with Gasteiger partial charge < -0.3 is 9.84 Å². The molecule has 1 saturated heterocycles. The highest BCUT2D eigenvalue weighted by atomic mass is 16.5. The molecule has 1 N–H and O–H groups in total. The van der Waals surface area contributed by atoms with E-state index in [1.54, 1.807) is 0 Å². The van der Waals surface area contributed by atoms with Crippen molar-refractivity contribution in [1.29, 1.82) is 0 Å². The first-order chi connectivity index (χ1) is 9.24. The normalized spacial score (nSPS) is 22.8. The van der Waals surface area contributed by atoms with Crippen LogP contribution in [-0.4, -0.2) is 23.2 Å². The molecule has 0 saturated carbocycles. The van der Waals surface area contributed by atoms with Gasteiger partial charge in [0.1, 0.15) is 0 Å². The van der Waals surface area contributed by atoms with Crippen LogP contribution in [0.2, 0.25) is 0 Å². The number of aryl methyl sites for hydroxylation is 1. The van der Waals surface area contributed by atoms with Gasteiger partial charge in [-0.1, -0.05) is 36.3 Å². The zero-order valence-corrected chi connectivity index (χ0v) is 11.4. The minimum atomic E-state index is 0.359. The van der Waals surface area contributed by atoms with E-state index in [1.165, 1.54) is 11.1 Å². The van der Waals surface area contributed by atoms with Gasteiger partial charge in [-0.05, 0) is 30.5 Å². The lowest BCUT2D eigenvalue weighted by molar-refractivity contribution is 0.337. The van der Waals surface area contributed by atoms with Crippen molar-refractivity contribution in [1.82, 2.24) is 15.5 Å². The molecule has 0 radical (unpaired) electrons. The summed E-state index contributed by atoms with van der Waals surface area (Å²) in [5.74, 6) is 2.48. The second-order valence-corrected chi connectivity index (χ2v) is 5.39.